The fourth-order valence-electron chi connectivity index (χ4n) is 2.89. The molecule has 0 spiro atoms. The molecule has 1 heterocycles. The SMILES string of the molecule is CC(C)(C)[C@@H](c1cccc(O)c1)N1CCNCC1. The van der Waals surface area contributed by atoms with Crippen LogP contribution in [0.15, 0.2) is 24.3 Å². The molecule has 1 atom stereocenters. The minimum absolute atomic E-state index is 0.158. The maximum Gasteiger partial charge on any atom is 0.115 e. The van der Waals surface area contributed by atoms with E-state index in [0.717, 1.165) is 26.2 Å². The molecule has 3 nitrogen and oxygen atoms in total. The highest BCUT2D eigenvalue weighted by molar-refractivity contribution is 5.30. The number of nitrogens with one attached hydrogen (secondary N) is 1. The Kier molecular flexibility index (Phi) is 3.93. The number of piperazine rings is 1. The lowest BCUT2D eigenvalue weighted by atomic mass is 9.81. The van der Waals surface area contributed by atoms with Crippen LogP contribution in [-0.4, -0.2) is 36.2 Å². The first kappa shape index (κ1) is 13.4. The summed E-state index contributed by atoms with van der Waals surface area (Å²) in [5.41, 5.74) is 1.37. The van der Waals surface area contributed by atoms with E-state index in [1.165, 1.54) is 5.56 Å². The highest BCUT2D eigenvalue weighted by Gasteiger charge is 2.32. The van der Waals surface area contributed by atoms with Crippen molar-refractivity contribution in [3.05, 3.63) is 29.8 Å². The summed E-state index contributed by atoms with van der Waals surface area (Å²) < 4.78 is 0. The normalized spacial score (nSPS) is 19.7. The van der Waals surface area contributed by atoms with Crippen molar-refractivity contribution in [2.75, 3.05) is 26.2 Å². The number of hydrogen-bond donors (Lipinski definition) is 2. The fraction of sp³-hybridized carbons (Fsp3) is 0.600. The van der Waals surface area contributed by atoms with Gasteiger partial charge >= 0.3 is 0 Å². The van der Waals surface area contributed by atoms with Crippen LogP contribution in [0, 0.1) is 5.41 Å². The zero-order valence-electron chi connectivity index (χ0n) is 11.6. The van der Waals surface area contributed by atoms with Gasteiger partial charge in [0.25, 0.3) is 0 Å². The Labute approximate surface area is 110 Å². The highest BCUT2D eigenvalue weighted by Crippen LogP contribution is 2.38. The average Bonchev–Trinajstić information content (AvgIpc) is 2.28. The second-order valence-corrected chi connectivity index (χ2v) is 6.15. The average molecular weight is 248 g/mol. The lowest BCUT2D eigenvalue weighted by molar-refractivity contribution is 0.0861. The number of aromatic hydroxyl groups is 1. The standard InChI is InChI=1S/C15H24N2O/c1-15(2,3)14(17-9-7-16-8-10-17)12-5-4-6-13(18)11-12/h4-6,11,14,16,18H,7-10H2,1-3H3/t14-/m1/s1. The molecule has 0 bridgehead atoms. The summed E-state index contributed by atoms with van der Waals surface area (Å²) in [6, 6.07) is 8.05. The van der Waals surface area contributed by atoms with Crippen molar-refractivity contribution in [1.82, 2.24) is 10.2 Å². The van der Waals surface area contributed by atoms with E-state index in [4.69, 9.17) is 0 Å². The molecule has 18 heavy (non-hydrogen) atoms. The molecule has 0 unspecified atom stereocenters. The Morgan fingerprint density at radius 1 is 1.22 bits per heavy atom. The number of phenols is 1. The van der Waals surface area contributed by atoms with E-state index in [1.807, 2.05) is 12.1 Å². The number of hydrogen-bond acceptors (Lipinski definition) is 3. The van der Waals surface area contributed by atoms with Crippen LogP contribution in [0.2, 0.25) is 0 Å². The second kappa shape index (κ2) is 5.29. The van der Waals surface area contributed by atoms with Gasteiger partial charge in [-0.2, -0.15) is 0 Å². The fourth-order valence-corrected chi connectivity index (χ4v) is 2.89. The summed E-state index contributed by atoms with van der Waals surface area (Å²) in [6.07, 6.45) is 0. The van der Waals surface area contributed by atoms with Crippen LogP contribution in [-0.2, 0) is 0 Å². The molecule has 0 saturated carbocycles. The van der Waals surface area contributed by atoms with E-state index in [0.29, 0.717) is 11.8 Å². The third kappa shape index (κ3) is 3.03. The van der Waals surface area contributed by atoms with E-state index in [9.17, 15) is 5.11 Å². The molecule has 2 rings (SSSR count). The smallest absolute Gasteiger partial charge is 0.115 e. The van der Waals surface area contributed by atoms with E-state index in [2.05, 4.69) is 37.1 Å². The third-order valence-corrected chi connectivity index (χ3v) is 3.52. The summed E-state index contributed by atoms with van der Waals surface area (Å²) in [5, 5.41) is 13.1. The molecule has 100 valence electrons. The molecule has 1 saturated heterocycles. The zero-order valence-corrected chi connectivity index (χ0v) is 11.6. The molecular formula is C15H24N2O. The van der Waals surface area contributed by atoms with E-state index in [1.54, 1.807) is 6.07 Å². The molecule has 1 aliphatic rings. The van der Waals surface area contributed by atoms with Gasteiger partial charge in [0, 0.05) is 32.2 Å². The summed E-state index contributed by atoms with van der Waals surface area (Å²) in [6.45, 7) is 11.0. The molecule has 0 aromatic heterocycles. The summed E-state index contributed by atoms with van der Waals surface area (Å²) >= 11 is 0. The maximum absolute atomic E-state index is 9.70. The van der Waals surface area contributed by atoms with Gasteiger partial charge in [0.05, 0.1) is 0 Å². The van der Waals surface area contributed by atoms with Gasteiger partial charge in [-0.05, 0) is 23.1 Å². The van der Waals surface area contributed by atoms with Crippen LogP contribution < -0.4 is 5.32 Å². The van der Waals surface area contributed by atoms with Gasteiger partial charge in [0.15, 0.2) is 0 Å². The van der Waals surface area contributed by atoms with Crippen molar-refractivity contribution >= 4 is 0 Å². The summed E-state index contributed by atoms with van der Waals surface area (Å²) in [5.74, 6) is 0.358. The highest BCUT2D eigenvalue weighted by atomic mass is 16.3. The van der Waals surface area contributed by atoms with Crippen LogP contribution in [0.3, 0.4) is 0 Å². The molecule has 3 heteroatoms. The van der Waals surface area contributed by atoms with E-state index in [-0.39, 0.29) is 5.41 Å². The van der Waals surface area contributed by atoms with Crippen LogP contribution in [0.4, 0.5) is 0 Å². The topological polar surface area (TPSA) is 35.5 Å². The Morgan fingerprint density at radius 2 is 1.89 bits per heavy atom. The van der Waals surface area contributed by atoms with Crippen molar-refractivity contribution in [3.8, 4) is 5.75 Å². The molecule has 0 aliphatic carbocycles. The van der Waals surface area contributed by atoms with Crippen molar-refractivity contribution in [2.24, 2.45) is 5.41 Å². The number of nitrogens with zero attached hydrogens (tertiary/aromatic N) is 1. The lowest BCUT2D eigenvalue weighted by Gasteiger charge is -2.42. The summed E-state index contributed by atoms with van der Waals surface area (Å²) in [4.78, 5) is 2.52. The van der Waals surface area contributed by atoms with Gasteiger partial charge in [0.2, 0.25) is 0 Å². The Bertz CT molecular complexity index is 392. The molecule has 1 aromatic rings. The van der Waals surface area contributed by atoms with Gasteiger partial charge in [-0.3, -0.25) is 4.90 Å². The van der Waals surface area contributed by atoms with Crippen LogP contribution >= 0.6 is 0 Å². The van der Waals surface area contributed by atoms with Crippen LogP contribution in [0.25, 0.3) is 0 Å². The lowest BCUT2D eigenvalue weighted by Crippen LogP contribution is -2.48. The van der Waals surface area contributed by atoms with Crippen molar-refractivity contribution in [2.45, 2.75) is 26.8 Å². The van der Waals surface area contributed by atoms with Gasteiger partial charge < -0.3 is 10.4 Å². The van der Waals surface area contributed by atoms with E-state index >= 15 is 0 Å². The van der Waals surface area contributed by atoms with Crippen LogP contribution in [0.1, 0.15) is 32.4 Å². The predicted molar refractivity (Wildman–Crippen MR) is 74.7 cm³/mol. The van der Waals surface area contributed by atoms with Crippen molar-refractivity contribution < 1.29 is 5.11 Å². The Balaban J connectivity index is 2.30. The van der Waals surface area contributed by atoms with Gasteiger partial charge in [-0.15, -0.1) is 0 Å². The summed E-state index contributed by atoms with van der Waals surface area (Å²) in [7, 11) is 0. The van der Waals surface area contributed by atoms with E-state index < -0.39 is 0 Å². The molecule has 0 amide bonds. The number of benzene rings is 1. The Morgan fingerprint density at radius 3 is 2.44 bits per heavy atom. The minimum Gasteiger partial charge on any atom is -0.508 e. The molecular weight excluding hydrogens is 224 g/mol. The zero-order chi connectivity index (χ0) is 13.2. The first-order valence-corrected chi connectivity index (χ1v) is 6.72. The molecule has 1 fully saturated rings. The first-order chi connectivity index (χ1) is 8.48. The van der Waals surface area contributed by atoms with Crippen molar-refractivity contribution in [3.63, 3.8) is 0 Å². The van der Waals surface area contributed by atoms with Crippen LogP contribution in [0.5, 0.6) is 5.75 Å². The third-order valence-electron chi connectivity index (χ3n) is 3.52. The molecule has 1 aliphatic heterocycles. The maximum atomic E-state index is 9.70. The predicted octanol–water partition coefficient (Wildman–Crippen LogP) is 2.38. The monoisotopic (exact) mass is 248 g/mol. The van der Waals surface area contributed by atoms with Gasteiger partial charge in [-0.1, -0.05) is 32.9 Å². The second-order valence-electron chi connectivity index (χ2n) is 6.15. The first-order valence-electron chi connectivity index (χ1n) is 6.72. The Hall–Kier alpha value is -1.06. The van der Waals surface area contributed by atoms with Gasteiger partial charge in [-0.25, -0.2) is 0 Å². The molecule has 0 radical (unpaired) electrons. The quantitative estimate of drug-likeness (QED) is 0.843. The van der Waals surface area contributed by atoms with Gasteiger partial charge in [0.1, 0.15) is 5.75 Å². The molecule has 1 aromatic carbocycles. The minimum atomic E-state index is 0.158. The largest absolute Gasteiger partial charge is 0.508 e. The number of phenolic OH excluding ortho intramolecular Hbond substituents is 1. The number of rotatable bonds is 2. The van der Waals surface area contributed by atoms with Crippen molar-refractivity contribution in [1.29, 1.82) is 0 Å². The molecule has 2 N–H and O–H groups in total.